The number of rotatable bonds is 5. The summed E-state index contributed by atoms with van der Waals surface area (Å²) in [5.41, 5.74) is 0.569. The molecule has 0 radical (unpaired) electrons. The lowest BCUT2D eigenvalue weighted by molar-refractivity contribution is -0.137. The highest BCUT2D eigenvalue weighted by molar-refractivity contribution is 6.35. The molecule has 0 aromatic heterocycles. The van der Waals surface area contributed by atoms with Gasteiger partial charge in [0.25, 0.3) is 0 Å². The van der Waals surface area contributed by atoms with E-state index in [0.29, 0.717) is 18.8 Å². The molecule has 0 aliphatic heterocycles. The van der Waals surface area contributed by atoms with Crippen LogP contribution < -0.4 is 5.32 Å². The maximum atomic E-state index is 13.1. The van der Waals surface area contributed by atoms with Crippen LogP contribution in [0.25, 0.3) is 0 Å². The van der Waals surface area contributed by atoms with Crippen molar-refractivity contribution in [3.05, 3.63) is 40.1 Å². The van der Waals surface area contributed by atoms with E-state index in [2.05, 4.69) is 5.32 Å². The minimum Gasteiger partial charge on any atom is -0.463 e. The van der Waals surface area contributed by atoms with Crippen LogP contribution in [-0.4, -0.2) is 19.1 Å². The van der Waals surface area contributed by atoms with Crippen molar-refractivity contribution in [3.63, 3.8) is 0 Å². The third kappa shape index (κ3) is 4.55. The fourth-order valence-electron chi connectivity index (χ4n) is 1.18. The Bertz CT molecular complexity index is 440. The van der Waals surface area contributed by atoms with E-state index in [1.807, 2.05) is 0 Å². The number of hydrogen-bond donors (Lipinski definition) is 1. The number of nitrogens with one attached hydrogen (secondary N) is 1. The Hall–Kier alpha value is -1.26. The van der Waals surface area contributed by atoms with E-state index >= 15 is 0 Å². The van der Waals surface area contributed by atoms with Gasteiger partial charge in [-0.3, -0.25) is 0 Å². The molecular formula is C12H12Cl2FNO2. The van der Waals surface area contributed by atoms with Crippen molar-refractivity contribution in [3.8, 4) is 0 Å². The molecule has 0 saturated carbocycles. The van der Waals surface area contributed by atoms with Crippen LogP contribution in [0.15, 0.2) is 24.3 Å². The van der Waals surface area contributed by atoms with Crippen molar-refractivity contribution < 1.29 is 13.9 Å². The van der Waals surface area contributed by atoms with Gasteiger partial charge in [-0.15, -0.1) is 0 Å². The van der Waals surface area contributed by atoms with Crippen LogP contribution in [0.4, 0.5) is 10.1 Å². The molecule has 0 amide bonds. The van der Waals surface area contributed by atoms with E-state index in [1.54, 1.807) is 13.0 Å². The van der Waals surface area contributed by atoms with Crippen molar-refractivity contribution in [1.29, 1.82) is 0 Å². The average Bonchev–Trinajstić information content (AvgIpc) is 2.32. The molecule has 1 N–H and O–H groups in total. The molecule has 6 heteroatoms. The zero-order valence-electron chi connectivity index (χ0n) is 9.67. The first kappa shape index (κ1) is 14.8. The highest BCUT2D eigenvalue weighted by Crippen LogP contribution is 2.27. The fraction of sp³-hybridized carbons (Fsp3) is 0.250. The van der Waals surface area contributed by atoms with Gasteiger partial charge >= 0.3 is 5.97 Å². The highest BCUT2D eigenvalue weighted by Gasteiger charge is 2.06. The molecule has 0 bridgehead atoms. The minimum atomic E-state index is -0.647. The molecule has 0 saturated heterocycles. The number of hydrogen-bond acceptors (Lipinski definition) is 3. The molecule has 0 fully saturated rings. The van der Waals surface area contributed by atoms with Crippen LogP contribution >= 0.6 is 23.2 Å². The summed E-state index contributed by atoms with van der Waals surface area (Å²) in [5.74, 6) is -1.06. The van der Waals surface area contributed by atoms with Gasteiger partial charge in [0.15, 0.2) is 5.82 Å². The topological polar surface area (TPSA) is 38.3 Å². The van der Waals surface area contributed by atoms with Crippen molar-refractivity contribution in [1.82, 2.24) is 0 Å². The molecule has 0 aliphatic rings. The SMILES string of the molecule is CCOC(=O)/C=C/CNc1cc(Cl)c(F)c(Cl)c1. The van der Waals surface area contributed by atoms with Gasteiger partial charge in [-0.2, -0.15) is 0 Å². The summed E-state index contributed by atoms with van der Waals surface area (Å²) in [6.07, 6.45) is 2.90. The molecule has 18 heavy (non-hydrogen) atoms. The van der Waals surface area contributed by atoms with E-state index in [-0.39, 0.29) is 10.0 Å². The number of carbonyl (C=O) groups is 1. The second kappa shape index (κ2) is 7.24. The quantitative estimate of drug-likeness (QED) is 0.511. The van der Waals surface area contributed by atoms with E-state index in [4.69, 9.17) is 27.9 Å². The van der Waals surface area contributed by atoms with Gasteiger partial charge < -0.3 is 10.1 Å². The molecule has 0 heterocycles. The van der Waals surface area contributed by atoms with Crippen LogP contribution in [0, 0.1) is 5.82 Å². The Kier molecular flexibility index (Phi) is 5.95. The van der Waals surface area contributed by atoms with E-state index < -0.39 is 11.8 Å². The molecule has 3 nitrogen and oxygen atoms in total. The van der Waals surface area contributed by atoms with Crippen LogP contribution in [0.3, 0.4) is 0 Å². The van der Waals surface area contributed by atoms with Crippen molar-refractivity contribution in [2.45, 2.75) is 6.92 Å². The van der Waals surface area contributed by atoms with E-state index in [9.17, 15) is 9.18 Å². The Balaban J connectivity index is 2.52. The standard InChI is InChI=1S/C12H12Cl2FNO2/c1-2-18-11(17)4-3-5-16-8-6-9(13)12(15)10(14)7-8/h3-4,6-7,16H,2,5H2,1H3/b4-3+. The number of carbonyl (C=O) groups excluding carboxylic acids is 1. The summed E-state index contributed by atoms with van der Waals surface area (Å²) >= 11 is 11.3. The fourth-order valence-corrected chi connectivity index (χ4v) is 1.67. The zero-order valence-corrected chi connectivity index (χ0v) is 11.2. The Labute approximate surface area is 115 Å². The maximum Gasteiger partial charge on any atom is 0.330 e. The predicted molar refractivity (Wildman–Crippen MR) is 70.7 cm³/mol. The summed E-state index contributed by atoms with van der Waals surface area (Å²) in [7, 11) is 0. The normalized spacial score (nSPS) is 10.7. The van der Waals surface area contributed by atoms with Gasteiger partial charge in [0.05, 0.1) is 16.7 Å². The smallest absolute Gasteiger partial charge is 0.330 e. The predicted octanol–water partition coefficient (Wildman–Crippen LogP) is 3.66. The first-order valence-corrected chi connectivity index (χ1v) is 6.02. The van der Waals surface area contributed by atoms with Gasteiger partial charge in [-0.1, -0.05) is 29.3 Å². The van der Waals surface area contributed by atoms with Gasteiger partial charge in [0.2, 0.25) is 0 Å². The van der Waals surface area contributed by atoms with Crippen molar-refractivity contribution in [2.24, 2.45) is 0 Å². The molecule has 1 aromatic carbocycles. The number of ether oxygens (including phenoxy) is 1. The summed E-state index contributed by atoms with van der Waals surface area (Å²) in [5, 5.41) is 2.81. The molecule has 0 spiro atoms. The third-order valence-electron chi connectivity index (χ3n) is 1.95. The molecule has 98 valence electrons. The first-order chi connectivity index (χ1) is 8.54. The molecule has 0 unspecified atom stereocenters. The highest BCUT2D eigenvalue weighted by atomic mass is 35.5. The van der Waals surface area contributed by atoms with E-state index in [1.165, 1.54) is 18.2 Å². The number of halogens is 3. The number of anilines is 1. The molecular weight excluding hydrogens is 280 g/mol. The Morgan fingerprint density at radius 1 is 1.44 bits per heavy atom. The third-order valence-corrected chi connectivity index (χ3v) is 2.50. The van der Waals surface area contributed by atoms with Crippen LogP contribution in [0.1, 0.15) is 6.92 Å². The van der Waals surface area contributed by atoms with Gasteiger partial charge in [-0.05, 0) is 19.1 Å². The lowest BCUT2D eigenvalue weighted by Crippen LogP contribution is -2.02. The first-order valence-electron chi connectivity index (χ1n) is 5.26. The summed E-state index contributed by atoms with van der Waals surface area (Å²) in [6, 6.07) is 2.84. The van der Waals surface area contributed by atoms with Crippen LogP contribution in [-0.2, 0) is 9.53 Å². The maximum absolute atomic E-state index is 13.1. The molecule has 1 aromatic rings. The lowest BCUT2D eigenvalue weighted by atomic mass is 10.3. The second-order valence-corrected chi connectivity index (χ2v) is 4.10. The molecule has 0 atom stereocenters. The summed E-state index contributed by atoms with van der Waals surface area (Å²) < 4.78 is 17.8. The monoisotopic (exact) mass is 291 g/mol. The number of benzene rings is 1. The second-order valence-electron chi connectivity index (χ2n) is 3.29. The zero-order chi connectivity index (χ0) is 13.5. The van der Waals surface area contributed by atoms with Crippen molar-refractivity contribution >= 4 is 34.9 Å². The number of esters is 1. The minimum absolute atomic E-state index is 0.0561. The summed E-state index contributed by atoms with van der Waals surface area (Å²) in [6.45, 7) is 2.43. The van der Waals surface area contributed by atoms with Gasteiger partial charge in [0, 0.05) is 18.3 Å². The van der Waals surface area contributed by atoms with Gasteiger partial charge in [0.1, 0.15) is 0 Å². The Morgan fingerprint density at radius 2 is 2.06 bits per heavy atom. The lowest BCUT2D eigenvalue weighted by Gasteiger charge is -2.05. The summed E-state index contributed by atoms with van der Waals surface area (Å²) in [4.78, 5) is 11.0. The van der Waals surface area contributed by atoms with E-state index in [0.717, 1.165) is 0 Å². The molecule has 0 aliphatic carbocycles. The van der Waals surface area contributed by atoms with Crippen LogP contribution in [0.2, 0.25) is 10.0 Å². The van der Waals surface area contributed by atoms with Gasteiger partial charge in [-0.25, -0.2) is 9.18 Å². The largest absolute Gasteiger partial charge is 0.463 e. The molecule has 1 rings (SSSR count). The Morgan fingerprint density at radius 3 is 2.61 bits per heavy atom. The van der Waals surface area contributed by atoms with Crippen LogP contribution in [0.5, 0.6) is 0 Å². The van der Waals surface area contributed by atoms with Crippen molar-refractivity contribution in [2.75, 3.05) is 18.5 Å². The average molecular weight is 292 g/mol.